The smallest absolute Gasteiger partial charge is 0.220 e. The number of carbonyl (C=O) groups excluding carboxylic acids is 1. The maximum Gasteiger partial charge on any atom is 0.220 e. The van der Waals surface area contributed by atoms with Gasteiger partial charge in [-0.2, -0.15) is 0 Å². The first-order chi connectivity index (χ1) is 12.7. The van der Waals surface area contributed by atoms with Gasteiger partial charge in [-0.3, -0.25) is 4.79 Å². The van der Waals surface area contributed by atoms with Gasteiger partial charge in [-0.1, -0.05) is 74.8 Å². The molecule has 0 saturated heterocycles. The molecule has 0 aromatic rings. The van der Waals surface area contributed by atoms with E-state index in [1.54, 1.807) is 0 Å². The van der Waals surface area contributed by atoms with Crippen molar-refractivity contribution < 1.29 is 15.0 Å². The Morgan fingerprint density at radius 1 is 1.00 bits per heavy atom. The van der Waals surface area contributed by atoms with E-state index in [1.807, 2.05) is 18.2 Å². The molecule has 0 aromatic carbocycles. The normalized spacial score (nSPS) is 13.5. The highest BCUT2D eigenvalue weighted by Crippen LogP contribution is 2.04. The lowest BCUT2D eigenvalue weighted by Gasteiger charge is -2.02. The van der Waals surface area contributed by atoms with Crippen LogP contribution >= 0.6 is 0 Å². The van der Waals surface area contributed by atoms with Crippen LogP contribution in [0, 0.1) is 0 Å². The van der Waals surface area contributed by atoms with E-state index in [1.165, 1.54) is 12.8 Å². The lowest BCUT2D eigenvalue weighted by atomic mass is 10.1. The van der Waals surface area contributed by atoms with Crippen molar-refractivity contribution in [3.63, 3.8) is 0 Å². The molecule has 26 heavy (non-hydrogen) atoms. The van der Waals surface area contributed by atoms with Crippen molar-refractivity contribution in [3.8, 4) is 0 Å². The molecule has 4 nitrogen and oxygen atoms in total. The average Bonchev–Trinajstić information content (AvgIpc) is 2.64. The van der Waals surface area contributed by atoms with E-state index in [4.69, 9.17) is 5.11 Å². The third kappa shape index (κ3) is 18.7. The summed E-state index contributed by atoms with van der Waals surface area (Å²) in [7, 11) is 0. The number of aliphatic hydroxyl groups is 2. The molecule has 0 bridgehead atoms. The van der Waals surface area contributed by atoms with Crippen molar-refractivity contribution >= 4 is 5.91 Å². The van der Waals surface area contributed by atoms with Crippen LogP contribution in [-0.2, 0) is 4.79 Å². The van der Waals surface area contributed by atoms with Gasteiger partial charge in [0, 0.05) is 13.0 Å². The first-order valence-corrected chi connectivity index (χ1v) is 9.89. The first-order valence-electron chi connectivity index (χ1n) is 9.89. The van der Waals surface area contributed by atoms with E-state index in [0.29, 0.717) is 13.0 Å². The number of hydrogen-bond acceptors (Lipinski definition) is 3. The van der Waals surface area contributed by atoms with Crippen LogP contribution in [0.2, 0.25) is 0 Å². The molecule has 0 saturated carbocycles. The minimum Gasteiger partial charge on any atom is -0.395 e. The van der Waals surface area contributed by atoms with Crippen molar-refractivity contribution in [2.45, 2.75) is 70.8 Å². The molecule has 0 aromatic heterocycles. The SMILES string of the molecule is CCCCC[C@H](O)/C=C/C=CCC=CCC=CCCCC(=O)NCCO. The zero-order chi connectivity index (χ0) is 19.3. The molecule has 4 heteroatoms. The predicted octanol–water partition coefficient (Wildman–Crippen LogP) is 4.21. The third-order valence-corrected chi connectivity index (χ3v) is 3.77. The number of allylic oxidation sites excluding steroid dienone is 7. The van der Waals surface area contributed by atoms with Gasteiger partial charge in [0.1, 0.15) is 0 Å². The largest absolute Gasteiger partial charge is 0.395 e. The van der Waals surface area contributed by atoms with Gasteiger partial charge in [-0.05, 0) is 32.1 Å². The van der Waals surface area contributed by atoms with Crippen LogP contribution < -0.4 is 5.32 Å². The number of hydrogen-bond donors (Lipinski definition) is 3. The average molecular weight is 364 g/mol. The predicted molar refractivity (Wildman–Crippen MR) is 110 cm³/mol. The molecule has 148 valence electrons. The quantitative estimate of drug-likeness (QED) is 0.218. The Morgan fingerprint density at radius 3 is 2.46 bits per heavy atom. The summed E-state index contributed by atoms with van der Waals surface area (Å²) < 4.78 is 0. The highest BCUT2D eigenvalue weighted by atomic mass is 16.3. The minimum atomic E-state index is -0.326. The Morgan fingerprint density at radius 2 is 1.73 bits per heavy atom. The summed E-state index contributed by atoms with van der Waals surface area (Å²) in [5.74, 6) is 0.00154. The van der Waals surface area contributed by atoms with Crippen molar-refractivity contribution in [3.05, 3.63) is 48.6 Å². The molecule has 3 N–H and O–H groups in total. The Hall–Kier alpha value is -1.65. The van der Waals surface area contributed by atoms with Crippen LogP contribution in [0.1, 0.15) is 64.7 Å². The molecule has 0 aliphatic rings. The summed E-state index contributed by atoms with van der Waals surface area (Å²) in [5.41, 5.74) is 0. The number of amides is 1. The van der Waals surface area contributed by atoms with Crippen LogP contribution in [0.5, 0.6) is 0 Å². The Labute approximate surface area is 159 Å². The highest BCUT2D eigenvalue weighted by Gasteiger charge is 1.98. The molecule has 0 unspecified atom stereocenters. The van der Waals surface area contributed by atoms with Crippen LogP contribution in [0.25, 0.3) is 0 Å². The molecule has 0 aliphatic carbocycles. The second-order valence-corrected chi connectivity index (χ2v) is 6.26. The molecule has 1 amide bonds. The van der Waals surface area contributed by atoms with Gasteiger partial charge in [0.15, 0.2) is 0 Å². The van der Waals surface area contributed by atoms with Gasteiger partial charge >= 0.3 is 0 Å². The van der Waals surface area contributed by atoms with Crippen LogP contribution in [0.3, 0.4) is 0 Å². The molecule has 0 rings (SSSR count). The standard InChI is InChI=1S/C22H37NO3/c1-2-3-13-16-21(25)17-14-11-9-7-5-4-6-8-10-12-15-18-22(26)23-19-20-24/h4-5,8-11,14,17,21,24-25H,2-3,6-7,12-13,15-16,18-20H2,1H3,(H,23,26)/b5-4?,10-8?,11-9?,17-14+/t21-/m0/s1. The molecular weight excluding hydrogens is 326 g/mol. The summed E-state index contributed by atoms with van der Waals surface area (Å²) in [6.45, 7) is 2.49. The van der Waals surface area contributed by atoms with Crippen LogP contribution in [0.15, 0.2) is 48.6 Å². The minimum absolute atomic E-state index is 0.00154. The molecule has 0 heterocycles. The number of aliphatic hydroxyl groups excluding tert-OH is 2. The second-order valence-electron chi connectivity index (χ2n) is 6.26. The topological polar surface area (TPSA) is 69.6 Å². The zero-order valence-electron chi connectivity index (χ0n) is 16.3. The molecule has 0 fully saturated rings. The summed E-state index contributed by atoms with van der Waals surface area (Å²) in [4.78, 5) is 11.3. The molecular formula is C22H37NO3. The first kappa shape index (κ1) is 24.4. The summed E-state index contributed by atoms with van der Waals surface area (Å²) in [6.07, 6.45) is 24.2. The fraction of sp³-hybridized carbons (Fsp3) is 0.591. The molecule has 0 spiro atoms. The molecule has 0 radical (unpaired) electrons. The van der Waals surface area contributed by atoms with E-state index >= 15 is 0 Å². The second kappa shape index (κ2) is 19.7. The Bertz CT molecular complexity index is 439. The Balaban J connectivity index is 3.58. The van der Waals surface area contributed by atoms with Crippen molar-refractivity contribution in [1.82, 2.24) is 5.32 Å². The summed E-state index contributed by atoms with van der Waals surface area (Å²) >= 11 is 0. The summed E-state index contributed by atoms with van der Waals surface area (Å²) in [5, 5.41) is 21.0. The van der Waals surface area contributed by atoms with Gasteiger partial charge in [-0.15, -0.1) is 0 Å². The summed E-state index contributed by atoms with van der Waals surface area (Å²) in [6, 6.07) is 0. The molecule has 0 aliphatic heterocycles. The maximum atomic E-state index is 11.3. The zero-order valence-corrected chi connectivity index (χ0v) is 16.3. The number of unbranched alkanes of at least 4 members (excludes halogenated alkanes) is 3. The van der Waals surface area contributed by atoms with Crippen LogP contribution in [-0.4, -0.2) is 35.4 Å². The lowest BCUT2D eigenvalue weighted by molar-refractivity contribution is -0.121. The van der Waals surface area contributed by atoms with Crippen molar-refractivity contribution in [2.24, 2.45) is 0 Å². The van der Waals surface area contributed by atoms with E-state index in [9.17, 15) is 9.90 Å². The fourth-order valence-corrected chi connectivity index (χ4v) is 2.28. The van der Waals surface area contributed by atoms with Crippen molar-refractivity contribution in [2.75, 3.05) is 13.2 Å². The van der Waals surface area contributed by atoms with E-state index in [0.717, 1.165) is 38.5 Å². The fourth-order valence-electron chi connectivity index (χ4n) is 2.28. The van der Waals surface area contributed by atoms with Gasteiger partial charge in [0.2, 0.25) is 5.91 Å². The van der Waals surface area contributed by atoms with Gasteiger partial charge in [0.25, 0.3) is 0 Å². The van der Waals surface area contributed by atoms with E-state index in [2.05, 4.69) is 42.6 Å². The maximum absolute atomic E-state index is 11.3. The highest BCUT2D eigenvalue weighted by molar-refractivity contribution is 5.75. The van der Waals surface area contributed by atoms with E-state index < -0.39 is 0 Å². The number of rotatable bonds is 16. The Kier molecular flexibility index (Phi) is 18.4. The number of carbonyl (C=O) groups is 1. The molecule has 1 atom stereocenters. The monoisotopic (exact) mass is 363 g/mol. The third-order valence-electron chi connectivity index (χ3n) is 3.77. The van der Waals surface area contributed by atoms with Gasteiger partial charge in [-0.25, -0.2) is 0 Å². The number of nitrogens with one attached hydrogen (secondary N) is 1. The van der Waals surface area contributed by atoms with Gasteiger partial charge < -0.3 is 15.5 Å². The lowest BCUT2D eigenvalue weighted by Crippen LogP contribution is -2.25. The van der Waals surface area contributed by atoms with E-state index in [-0.39, 0.29) is 18.6 Å². The van der Waals surface area contributed by atoms with Crippen LogP contribution in [0.4, 0.5) is 0 Å². The van der Waals surface area contributed by atoms with Crippen molar-refractivity contribution in [1.29, 1.82) is 0 Å². The van der Waals surface area contributed by atoms with Gasteiger partial charge in [0.05, 0.1) is 12.7 Å².